The Balaban J connectivity index is -0.000000192. The molecule has 0 aromatic heterocycles. The lowest BCUT2D eigenvalue weighted by Crippen LogP contribution is -2.28. The van der Waals surface area contributed by atoms with Crippen molar-refractivity contribution in [1.82, 2.24) is 14.7 Å². The molecule has 0 radical (unpaired) electrons. The molecule has 0 aliphatic rings. The number of rotatable bonds is 31. The summed E-state index contributed by atoms with van der Waals surface area (Å²) in [6.45, 7) is 70.6. The van der Waals surface area contributed by atoms with Gasteiger partial charge in [-0.2, -0.15) is 0 Å². The first-order valence-corrected chi connectivity index (χ1v) is 30.7. The third-order valence-corrected chi connectivity index (χ3v) is 13.0. The summed E-state index contributed by atoms with van der Waals surface area (Å²) >= 11 is 0. The van der Waals surface area contributed by atoms with E-state index in [9.17, 15) is 14.4 Å². The maximum absolute atomic E-state index is 10.9. The number of carbonyl (C=O) groups is 3. The van der Waals surface area contributed by atoms with E-state index in [-0.39, 0.29) is 23.1 Å². The van der Waals surface area contributed by atoms with Crippen LogP contribution in [0.1, 0.15) is 283 Å². The van der Waals surface area contributed by atoms with Gasteiger partial charge in [0.2, 0.25) is 0 Å². The van der Waals surface area contributed by atoms with E-state index in [1.165, 1.54) is 97.2 Å². The van der Waals surface area contributed by atoms with Crippen molar-refractivity contribution in [2.75, 3.05) is 72.0 Å². The van der Waals surface area contributed by atoms with Gasteiger partial charge in [-0.25, -0.2) is 0 Å². The van der Waals surface area contributed by atoms with E-state index >= 15 is 0 Å². The van der Waals surface area contributed by atoms with Gasteiger partial charge in [0.15, 0.2) is 0 Å². The van der Waals surface area contributed by atoms with E-state index in [2.05, 4.69) is 160 Å². The third-order valence-electron chi connectivity index (χ3n) is 13.0. The van der Waals surface area contributed by atoms with Crippen molar-refractivity contribution in [2.24, 2.45) is 45.5 Å². The highest BCUT2D eigenvalue weighted by Gasteiger charge is 2.20. The molecule has 75 heavy (non-hydrogen) atoms. The van der Waals surface area contributed by atoms with E-state index in [0.717, 1.165) is 50.6 Å². The van der Waals surface area contributed by atoms with Crippen molar-refractivity contribution < 1.29 is 23.9 Å². The molecule has 0 aliphatic carbocycles. The number of hydrogen-bond donors (Lipinski definition) is 2. The van der Waals surface area contributed by atoms with Crippen LogP contribution in [0.5, 0.6) is 0 Å². The fourth-order valence-corrected chi connectivity index (χ4v) is 7.98. The fourth-order valence-electron chi connectivity index (χ4n) is 7.98. The highest BCUT2D eigenvalue weighted by Crippen LogP contribution is 2.29. The maximum Gasteiger partial charge on any atom is 0.306 e. The van der Waals surface area contributed by atoms with Crippen molar-refractivity contribution in [2.45, 2.75) is 301 Å². The molecule has 3 unspecified atom stereocenters. The van der Waals surface area contributed by atoms with E-state index in [0.29, 0.717) is 66.3 Å². The van der Waals surface area contributed by atoms with Crippen molar-refractivity contribution >= 4 is 17.5 Å². The average molecular weight is 1070 g/mol. The lowest BCUT2D eigenvalue weighted by Gasteiger charge is -2.28. The molecule has 0 bridgehead atoms. The first-order chi connectivity index (χ1) is 34.2. The van der Waals surface area contributed by atoms with Crippen LogP contribution in [0.2, 0.25) is 0 Å². The quantitative estimate of drug-likeness (QED) is 0.0511. The molecule has 0 aromatic rings. The zero-order valence-electron chi connectivity index (χ0n) is 56.2. The smallest absolute Gasteiger partial charge is 0.306 e. The number of esters is 1. The molecular formula is C65H141N5O5. The van der Waals surface area contributed by atoms with Crippen LogP contribution in [0.15, 0.2) is 0 Å². The average Bonchev–Trinajstić information content (AvgIpc) is 3.26. The normalized spacial score (nSPS) is 13.2. The summed E-state index contributed by atoms with van der Waals surface area (Å²) < 4.78 is 10.9. The van der Waals surface area contributed by atoms with Gasteiger partial charge >= 0.3 is 5.97 Å². The molecular weight excluding hydrogens is 931 g/mol. The van der Waals surface area contributed by atoms with Gasteiger partial charge in [0.1, 0.15) is 17.2 Å². The number of hydrogen-bond acceptors (Lipinski definition) is 10. The molecule has 456 valence electrons. The van der Waals surface area contributed by atoms with Crippen molar-refractivity contribution in [3.8, 4) is 0 Å². The van der Waals surface area contributed by atoms with Crippen LogP contribution < -0.4 is 11.5 Å². The highest BCUT2D eigenvalue weighted by molar-refractivity contribution is 5.80. The molecule has 0 amide bonds. The van der Waals surface area contributed by atoms with Gasteiger partial charge in [0, 0.05) is 25.2 Å². The van der Waals surface area contributed by atoms with Crippen molar-refractivity contribution in [3.63, 3.8) is 0 Å². The van der Waals surface area contributed by atoms with Crippen molar-refractivity contribution in [3.05, 3.63) is 0 Å². The summed E-state index contributed by atoms with van der Waals surface area (Å²) in [6, 6.07) is 0. The minimum atomic E-state index is -0.369. The minimum Gasteiger partial charge on any atom is -0.460 e. The van der Waals surface area contributed by atoms with Crippen LogP contribution in [0.4, 0.5) is 0 Å². The fraction of sp³-hybridized carbons (Fsp3) is 0.954. The molecule has 0 saturated carbocycles. The summed E-state index contributed by atoms with van der Waals surface area (Å²) in [5.74, 6) is 2.36. The standard InChI is InChI=1S/C14H31N.C13H29NO.C13H29N.C10H20O.C8H17NO2.C7H15NO/c1-7-15(8-2)11-9-10-13(3)12-14(4,5)6;1-7-14(8-2)11-9-10-12(3)15-13(4,5)6;1-7-14(8-2)11-9-10-12(3)13(4,5)6;1-9(11)7-5-6-8-10(2,3)4;1-8(2,3)11-7(10)5-4-6-9;1-6(2)7(9)4-3-5-8/h13H,7-12H2,1-6H3;12H,7-11H2,1-6H3;12H,7-11H2,1-6H3;5-8H2,1-4H3;4-6,9H2,1-3H3;6H,3-5,8H2,1-2H3. The van der Waals surface area contributed by atoms with Gasteiger partial charge < -0.3 is 40.4 Å². The summed E-state index contributed by atoms with van der Waals surface area (Å²) in [7, 11) is 0. The number of Topliss-reactive ketones (excluding diaryl/α,β-unsaturated/α-hetero) is 2. The Morgan fingerprint density at radius 1 is 0.480 bits per heavy atom. The Kier molecular flexibility index (Phi) is 56.1. The van der Waals surface area contributed by atoms with Crippen molar-refractivity contribution in [1.29, 1.82) is 0 Å². The number of carbonyl (C=O) groups excluding carboxylic acids is 3. The topological polar surface area (TPSA) is 131 Å². The second-order valence-electron chi connectivity index (χ2n) is 27.1. The molecule has 4 N–H and O–H groups in total. The number of unbranched alkanes of at least 4 members (excludes halogenated alkanes) is 1. The second-order valence-corrected chi connectivity index (χ2v) is 27.1. The zero-order valence-corrected chi connectivity index (χ0v) is 56.2. The van der Waals surface area contributed by atoms with E-state index in [1.807, 2.05) is 34.6 Å². The molecule has 0 saturated heterocycles. The first-order valence-electron chi connectivity index (χ1n) is 30.7. The molecule has 0 fully saturated rings. The largest absolute Gasteiger partial charge is 0.460 e. The third kappa shape index (κ3) is 74.7. The van der Waals surface area contributed by atoms with E-state index in [1.54, 1.807) is 6.92 Å². The van der Waals surface area contributed by atoms with Crippen LogP contribution in [-0.2, 0) is 23.9 Å². The lowest BCUT2D eigenvalue weighted by molar-refractivity contribution is -0.154. The van der Waals surface area contributed by atoms with Gasteiger partial charge in [-0.15, -0.1) is 0 Å². The number of nitrogens with zero attached hydrogens (tertiary/aromatic N) is 3. The molecule has 10 nitrogen and oxygen atoms in total. The number of ether oxygens (including phenoxy) is 2. The molecule has 0 aliphatic heterocycles. The molecule has 10 heteroatoms. The predicted molar refractivity (Wildman–Crippen MR) is 334 cm³/mol. The maximum atomic E-state index is 10.9. The van der Waals surface area contributed by atoms with E-state index in [4.69, 9.17) is 20.9 Å². The SMILES string of the molecule is CC(=O)CCCCC(C)(C)C.CC(C)(C)OC(=O)CCCN.CC(C)C(=O)CCCN.CCN(CC)CCCC(C)C(C)(C)C.CCN(CC)CCCC(C)CC(C)(C)C.CCN(CC)CCCC(C)OC(C)(C)C. The Morgan fingerprint density at radius 3 is 1.20 bits per heavy atom. The summed E-state index contributed by atoms with van der Waals surface area (Å²) in [6.07, 6.45) is 16.4. The highest BCUT2D eigenvalue weighted by atomic mass is 16.6. The van der Waals surface area contributed by atoms with Gasteiger partial charge in [0.05, 0.1) is 11.7 Å². The van der Waals surface area contributed by atoms with Crippen LogP contribution >= 0.6 is 0 Å². The van der Waals surface area contributed by atoms with Crippen LogP contribution in [0.3, 0.4) is 0 Å². The monoisotopic (exact) mass is 1070 g/mol. The molecule has 0 aromatic carbocycles. The van der Waals surface area contributed by atoms with Crippen LogP contribution in [-0.4, -0.2) is 122 Å². The van der Waals surface area contributed by atoms with Crippen LogP contribution in [0, 0.1) is 34.0 Å². The molecule has 3 atom stereocenters. The predicted octanol–water partition coefficient (Wildman–Crippen LogP) is 16.5. The Bertz CT molecular complexity index is 1220. The number of ketones is 2. The first kappa shape index (κ1) is 84.9. The van der Waals surface area contributed by atoms with Crippen LogP contribution in [0.25, 0.3) is 0 Å². The Hall–Kier alpha value is -1.43. The molecule has 0 spiro atoms. The van der Waals surface area contributed by atoms with Gasteiger partial charge in [-0.1, -0.05) is 138 Å². The summed E-state index contributed by atoms with van der Waals surface area (Å²) in [5, 5.41) is 0. The second kappa shape index (κ2) is 49.6. The molecule has 0 heterocycles. The Labute approximate surface area is 472 Å². The van der Waals surface area contributed by atoms with Gasteiger partial charge in [0.25, 0.3) is 0 Å². The van der Waals surface area contributed by atoms with Gasteiger partial charge in [-0.3, -0.25) is 9.59 Å². The Morgan fingerprint density at radius 2 is 0.880 bits per heavy atom. The molecule has 0 rings (SSSR count). The van der Waals surface area contributed by atoms with Gasteiger partial charge in [-0.05, 0) is 226 Å². The summed E-state index contributed by atoms with van der Waals surface area (Å²) in [4.78, 5) is 39.8. The lowest BCUT2D eigenvalue weighted by atomic mass is 9.79. The van der Waals surface area contributed by atoms with E-state index < -0.39 is 0 Å². The number of nitrogens with two attached hydrogens (primary N) is 2. The minimum absolute atomic E-state index is 0.00534. The summed E-state index contributed by atoms with van der Waals surface area (Å²) in [5.41, 5.74) is 11.5. The zero-order chi connectivity index (χ0) is 60.1.